The molecule has 10 heteroatoms. The number of carbonyl (C=O) groups excluding carboxylic acids is 2. The Morgan fingerprint density at radius 3 is 1.89 bits per heavy atom. The van der Waals surface area contributed by atoms with Crippen LogP contribution in [0, 0.1) is 10.8 Å². The highest BCUT2D eigenvalue weighted by atomic mass is 32.2. The lowest BCUT2D eigenvalue weighted by Crippen LogP contribution is -2.23. The van der Waals surface area contributed by atoms with Gasteiger partial charge in [-0.2, -0.15) is 0 Å². The Bertz CT molecular complexity index is 1100. The van der Waals surface area contributed by atoms with Crippen LogP contribution in [0.2, 0.25) is 0 Å². The molecule has 0 amide bonds. The van der Waals surface area contributed by atoms with Crippen molar-refractivity contribution in [1.29, 1.82) is 0 Å². The van der Waals surface area contributed by atoms with Crippen molar-refractivity contribution in [3.63, 3.8) is 0 Å². The van der Waals surface area contributed by atoms with Gasteiger partial charge in [0.15, 0.2) is 11.6 Å². The summed E-state index contributed by atoms with van der Waals surface area (Å²) in [5.41, 5.74) is -1.69. The Kier molecular flexibility index (Phi) is 11.6. The van der Waals surface area contributed by atoms with Crippen molar-refractivity contribution < 1.29 is 38.5 Å². The largest absolute Gasteiger partial charge is 0.799 e. The lowest BCUT2D eigenvalue weighted by Gasteiger charge is -2.28. The summed E-state index contributed by atoms with van der Waals surface area (Å²) in [6.07, 6.45) is 10.1. The van der Waals surface area contributed by atoms with Gasteiger partial charge >= 0.3 is 11.9 Å². The highest BCUT2D eigenvalue weighted by molar-refractivity contribution is 8.15. The van der Waals surface area contributed by atoms with Crippen LogP contribution in [-0.2, 0) is 19.2 Å². The van der Waals surface area contributed by atoms with Gasteiger partial charge in [0, 0.05) is 12.8 Å². The number of hydrogen-bond donors (Lipinski definition) is 2. The SMILES string of the molecule is CC(C)(CCCCC1=CC(=O)CC(C=CC2=CC(=O)CC(CCCCC(C)(C)C(=O)O)=S2[O-])=S1[O-])C(=O)O. The van der Waals surface area contributed by atoms with Crippen LogP contribution in [0.5, 0.6) is 0 Å². The summed E-state index contributed by atoms with van der Waals surface area (Å²) in [4.78, 5) is 48.8. The lowest BCUT2D eigenvalue weighted by molar-refractivity contribution is -0.148. The fraction of sp³-hybridized carbons (Fsp3) is 0.571. The third-order valence-electron chi connectivity index (χ3n) is 6.87. The molecule has 0 fully saturated rings. The number of carboxylic acids is 2. The van der Waals surface area contributed by atoms with Crippen LogP contribution in [0.15, 0.2) is 34.1 Å². The quantitative estimate of drug-likeness (QED) is 0.153. The molecule has 0 saturated carbocycles. The molecule has 38 heavy (non-hydrogen) atoms. The van der Waals surface area contributed by atoms with Crippen molar-refractivity contribution in [2.24, 2.45) is 10.8 Å². The molecule has 2 aliphatic heterocycles. The van der Waals surface area contributed by atoms with E-state index in [0.717, 1.165) is 0 Å². The fourth-order valence-electron chi connectivity index (χ4n) is 4.10. The van der Waals surface area contributed by atoms with Gasteiger partial charge in [-0.3, -0.25) is 19.2 Å². The van der Waals surface area contributed by atoms with E-state index in [2.05, 4.69) is 0 Å². The smallest absolute Gasteiger partial charge is 0.309 e. The fourth-order valence-corrected chi connectivity index (χ4v) is 6.84. The number of hydrogen-bond acceptors (Lipinski definition) is 6. The molecule has 2 N–H and O–H groups in total. The highest BCUT2D eigenvalue weighted by Gasteiger charge is 2.27. The minimum atomic E-state index is -1.53. The van der Waals surface area contributed by atoms with Crippen LogP contribution in [0.4, 0.5) is 0 Å². The molecule has 0 aliphatic carbocycles. The Hall–Kier alpha value is -2.14. The number of unbranched alkanes of at least 4 members (excludes halogenated alkanes) is 2. The first-order chi connectivity index (χ1) is 17.6. The van der Waals surface area contributed by atoms with Crippen molar-refractivity contribution in [3.8, 4) is 0 Å². The zero-order valence-electron chi connectivity index (χ0n) is 22.5. The predicted octanol–water partition coefficient (Wildman–Crippen LogP) is 5.74. The van der Waals surface area contributed by atoms with Crippen molar-refractivity contribution in [2.75, 3.05) is 0 Å². The number of carbonyl (C=O) groups is 4. The van der Waals surface area contributed by atoms with Gasteiger partial charge in [-0.25, -0.2) is 21.5 Å². The number of allylic oxidation sites excluding steroid dienone is 5. The van der Waals surface area contributed by atoms with E-state index in [4.69, 9.17) is 0 Å². The minimum Gasteiger partial charge on any atom is -0.799 e. The molecule has 2 atom stereocenters. The molecule has 0 spiro atoms. The molecule has 0 aromatic carbocycles. The van der Waals surface area contributed by atoms with Gasteiger partial charge in [-0.05, 0) is 104 Å². The lowest BCUT2D eigenvalue weighted by atomic mass is 9.87. The van der Waals surface area contributed by atoms with Crippen LogP contribution < -0.4 is 0 Å². The van der Waals surface area contributed by atoms with E-state index in [1.54, 1.807) is 27.7 Å². The van der Waals surface area contributed by atoms with Gasteiger partial charge in [0.2, 0.25) is 0 Å². The maximum Gasteiger partial charge on any atom is 0.309 e. The number of carboxylic acid groups (broad SMARTS) is 2. The van der Waals surface area contributed by atoms with Gasteiger partial charge in [0.25, 0.3) is 0 Å². The molecule has 0 bridgehead atoms. The van der Waals surface area contributed by atoms with Crippen LogP contribution >= 0.6 is 21.5 Å². The number of rotatable bonds is 14. The second-order valence-corrected chi connectivity index (χ2v) is 14.3. The van der Waals surface area contributed by atoms with Gasteiger partial charge < -0.3 is 19.3 Å². The maximum atomic E-state index is 13.1. The normalized spacial score (nSPS) is 21.1. The van der Waals surface area contributed by atoms with E-state index in [9.17, 15) is 38.5 Å². The van der Waals surface area contributed by atoms with E-state index in [-0.39, 0.29) is 24.4 Å². The molecule has 2 heterocycles. The van der Waals surface area contributed by atoms with Crippen molar-refractivity contribution in [3.05, 3.63) is 34.1 Å². The van der Waals surface area contributed by atoms with Crippen molar-refractivity contribution >= 4 is 54.8 Å². The third kappa shape index (κ3) is 9.25. The zero-order chi connectivity index (χ0) is 28.7. The summed E-state index contributed by atoms with van der Waals surface area (Å²) in [5.74, 6) is -2.10. The first-order valence-electron chi connectivity index (χ1n) is 12.8. The molecule has 0 radical (unpaired) electrons. The summed E-state index contributed by atoms with van der Waals surface area (Å²) in [6.45, 7) is 6.64. The summed E-state index contributed by atoms with van der Waals surface area (Å²) in [5, 5.41) is 18.5. The maximum absolute atomic E-state index is 13.1. The van der Waals surface area contributed by atoms with E-state index in [0.29, 0.717) is 70.9 Å². The van der Waals surface area contributed by atoms with E-state index in [1.165, 1.54) is 24.3 Å². The first-order valence-corrected chi connectivity index (χ1v) is 15.1. The van der Waals surface area contributed by atoms with E-state index in [1.807, 2.05) is 0 Å². The molecular weight excluding hydrogens is 528 g/mol. The Morgan fingerprint density at radius 1 is 0.816 bits per heavy atom. The second kappa shape index (κ2) is 13.8. The third-order valence-corrected chi connectivity index (χ3v) is 9.98. The molecule has 2 rings (SSSR count). The first kappa shape index (κ1) is 32.1. The summed E-state index contributed by atoms with van der Waals surface area (Å²) in [7, 11) is -3.06. The average molecular weight is 567 g/mol. The van der Waals surface area contributed by atoms with E-state index < -0.39 is 44.3 Å². The number of ketones is 2. The molecule has 0 aromatic rings. The Balaban J connectivity index is 2.06. The molecule has 2 unspecified atom stereocenters. The van der Waals surface area contributed by atoms with Crippen molar-refractivity contribution in [2.45, 2.75) is 91.9 Å². The van der Waals surface area contributed by atoms with Gasteiger partial charge in [-0.15, -0.1) is 0 Å². The zero-order valence-corrected chi connectivity index (χ0v) is 24.2. The van der Waals surface area contributed by atoms with Gasteiger partial charge in [0.05, 0.1) is 10.8 Å². The van der Waals surface area contributed by atoms with Gasteiger partial charge in [-0.1, -0.05) is 18.9 Å². The number of aliphatic carboxylic acids is 2. The predicted molar refractivity (Wildman–Crippen MR) is 151 cm³/mol. The Labute approximate surface area is 229 Å². The molecular formula is C28H38O8S2-2. The monoisotopic (exact) mass is 566 g/mol. The standard InChI is InChI=1S/C28H39O8S2/c1-27(2,25(31)32)13-7-5-9-21-15-19(29)17-23(37(21)35)11-12-24-18-20(30)16-22(38(24)36)10-6-8-14-28(3,4)26(33)34/h11-12,15,18H,5-10,13-14,16-17H2,1-4H3,(H3-,30,31,32,33,34,35,36)/q-1/p-1. The molecule has 2 aliphatic rings. The second-order valence-electron chi connectivity index (χ2n) is 11.1. The van der Waals surface area contributed by atoms with Crippen molar-refractivity contribution in [1.82, 2.24) is 0 Å². The van der Waals surface area contributed by atoms with Crippen LogP contribution in [0.3, 0.4) is 0 Å². The average Bonchev–Trinajstić information content (AvgIpc) is 2.82. The molecule has 0 aromatic heterocycles. The van der Waals surface area contributed by atoms with Crippen LogP contribution in [0.25, 0.3) is 0 Å². The highest BCUT2D eigenvalue weighted by Crippen LogP contribution is 2.35. The Morgan fingerprint density at radius 2 is 1.34 bits per heavy atom. The minimum absolute atomic E-state index is 0.0253. The van der Waals surface area contributed by atoms with E-state index >= 15 is 0 Å². The van der Waals surface area contributed by atoms with Crippen LogP contribution in [0.1, 0.15) is 91.9 Å². The van der Waals surface area contributed by atoms with Crippen LogP contribution in [-0.4, -0.2) is 52.6 Å². The summed E-state index contributed by atoms with van der Waals surface area (Å²) < 4.78 is 26.1. The molecule has 8 nitrogen and oxygen atoms in total. The van der Waals surface area contributed by atoms with Gasteiger partial charge in [0.1, 0.15) is 0 Å². The molecule has 0 saturated heterocycles. The summed E-state index contributed by atoms with van der Waals surface area (Å²) in [6, 6.07) is 0. The molecule has 212 valence electrons. The summed E-state index contributed by atoms with van der Waals surface area (Å²) >= 11 is 0. The topological polar surface area (TPSA) is 155 Å².